The first-order valence-corrected chi connectivity index (χ1v) is 8.65. The van der Waals surface area contributed by atoms with Gasteiger partial charge in [-0.25, -0.2) is 4.98 Å². The summed E-state index contributed by atoms with van der Waals surface area (Å²) in [5, 5.41) is 0.791. The van der Waals surface area contributed by atoms with Crippen molar-refractivity contribution in [3.8, 4) is 23.7 Å². The molecule has 3 aromatic rings. The van der Waals surface area contributed by atoms with Gasteiger partial charge in [0.25, 0.3) is 5.56 Å². The Morgan fingerprint density at radius 1 is 1.22 bits per heavy atom. The number of hydrogen-bond acceptors (Lipinski definition) is 3. The summed E-state index contributed by atoms with van der Waals surface area (Å²) in [6, 6.07) is 9.79. The fourth-order valence-electron chi connectivity index (χ4n) is 3.28. The topological polar surface area (TPSA) is 34.9 Å². The average molecular weight is 320 g/mol. The molecule has 0 N–H and O–H groups in total. The second-order valence-corrected chi connectivity index (χ2v) is 6.87. The van der Waals surface area contributed by atoms with Crippen LogP contribution in [0.15, 0.2) is 35.1 Å². The molecule has 1 aliphatic rings. The van der Waals surface area contributed by atoms with Crippen LogP contribution in [0.1, 0.15) is 23.3 Å². The third-order valence-electron chi connectivity index (χ3n) is 4.36. The zero-order valence-electron chi connectivity index (χ0n) is 12.7. The van der Waals surface area contributed by atoms with Crippen molar-refractivity contribution < 1.29 is 0 Å². The summed E-state index contributed by atoms with van der Waals surface area (Å²) in [5.74, 6) is 3.26. The van der Waals surface area contributed by atoms with Gasteiger partial charge in [0, 0.05) is 10.4 Å². The Balaban J connectivity index is 2.06. The number of rotatable bonds is 2. The molecule has 0 saturated heterocycles. The minimum atomic E-state index is 0.00574. The summed E-state index contributed by atoms with van der Waals surface area (Å²) in [6.07, 6.45) is 9.88. The van der Waals surface area contributed by atoms with Crippen molar-refractivity contribution in [3.63, 3.8) is 0 Å². The molecule has 2 heterocycles. The maximum Gasteiger partial charge on any atom is 0.263 e. The first-order valence-electron chi connectivity index (χ1n) is 7.83. The summed E-state index contributed by atoms with van der Waals surface area (Å²) in [6.45, 7) is 0.247. The lowest BCUT2D eigenvalue weighted by Gasteiger charge is -2.12. The molecule has 23 heavy (non-hydrogen) atoms. The van der Waals surface area contributed by atoms with Crippen LogP contribution in [0, 0.1) is 12.3 Å². The minimum Gasteiger partial charge on any atom is -0.280 e. The lowest BCUT2D eigenvalue weighted by molar-refractivity contribution is 0.698. The number of thiophene rings is 1. The molecule has 0 spiro atoms. The summed E-state index contributed by atoms with van der Waals surface area (Å²) < 4.78 is 1.64. The molecule has 0 unspecified atom stereocenters. The molecule has 1 aliphatic carbocycles. The highest BCUT2D eigenvalue weighted by Gasteiger charge is 2.22. The summed E-state index contributed by atoms with van der Waals surface area (Å²) in [7, 11) is 0. The standard InChI is InChI=1S/C19H16N2OS/c1-2-12-21-17(13-8-4-3-5-9-13)20-18-16(19(21)22)14-10-6-7-11-15(14)23-18/h1,3-5,8-9H,6-7,10-12H2. The van der Waals surface area contributed by atoms with Crippen molar-refractivity contribution in [3.05, 3.63) is 51.1 Å². The lowest BCUT2D eigenvalue weighted by Crippen LogP contribution is -2.23. The van der Waals surface area contributed by atoms with Crippen molar-refractivity contribution in [2.24, 2.45) is 0 Å². The highest BCUT2D eigenvalue weighted by atomic mass is 32.1. The second-order valence-electron chi connectivity index (χ2n) is 5.79. The van der Waals surface area contributed by atoms with Crippen LogP contribution in [0.3, 0.4) is 0 Å². The number of hydrogen-bond donors (Lipinski definition) is 0. The van der Waals surface area contributed by atoms with Crippen LogP contribution in [0.4, 0.5) is 0 Å². The second kappa shape index (κ2) is 5.68. The highest BCUT2D eigenvalue weighted by Crippen LogP contribution is 2.34. The van der Waals surface area contributed by atoms with E-state index in [1.54, 1.807) is 15.9 Å². The van der Waals surface area contributed by atoms with E-state index in [0.717, 1.165) is 35.0 Å². The zero-order chi connectivity index (χ0) is 15.8. The largest absolute Gasteiger partial charge is 0.280 e. The van der Waals surface area contributed by atoms with Gasteiger partial charge in [0.2, 0.25) is 0 Å². The van der Waals surface area contributed by atoms with Crippen molar-refractivity contribution >= 4 is 21.6 Å². The van der Waals surface area contributed by atoms with Crippen LogP contribution >= 0.6 is 11.3 Å². The molecule has 2 aromatic heterocycles. The molecule has 4 rings (SSSR count). The van der Waals surface area contributed by atoms with E-state index in [1.165, 1.54) is 16.9 Å². The summed E-state index contributed by atoms with van der Waals surface area (Å²) in [5.41, 5.74) is 2.14. The van der Waals surface area contributed by atoms with E-state index in [2.05, 4.69) is 5.92 Å². The van der Waals surface area contributed by atoms with E-state index >= 15 is 0 Å². The quantitative estimate of drug-likeness (QED) is 0.676. The first-order chi connectivity index (χ1) is 11.3. The fourth-order valence-corrected chi connectivity index (χ4v) is 4.54. The SMILES string of the molecule is C#CCn1c(-c2ccccc2)nc2sc3c(c2c1=O)CCCC3. The zero-order valence-corrected chi connectivity index (χ0v) is 13.5. The van der Waals surface area contributed by atoms with Gasteiger partial charge in [0.15, 0.2) is 0 Å². The Morgan fingerprint density at radius 3 is 2.78 bits per heavy atom. The molecule has 0 bridgehead atoms. The Morgan fingerprint density at radius 2 is 2.00 bits per heavy atom. The fraction of sp³-hybridized carbons (Fsp3) is 0.263. The summed E-state index contributed by atoms with van der Waals surface area (Å²) >= 11 is 1.67. The van der Waals surface area contributed by atoms with Gasteiger partial charge in [-0.15, -0.1) is 17.8 Å². The monoisotopic (exact) mass is 320 g/mol. The van der Waals surface area contributed by atoms with E-state index in [4.69, 9.17) is 11.4 Å². The van der Waals surface area contributed by atoms with Crippen molar-refractivity contribution in [2.75, 3.05) is 0 Å². The molecule has 0 saturated carbocycles. The molecule has 1 aromatic carbocycles. The van der Waals surface area contributed by atoms with E-state index < -0.39 is 0 Å². The highest BCUT2D eigenvalue weighted by molar-refractivity contribution is 7.18. The van der Waals surface area contributed by atoms with Crippen LogP contribution in [0.5, 0.6) is 0 Å². The smallest absolute Gasteiger partial charge is 0.263 e. The van der Waals surface area contributed by atoms with E-state index in [1.807, 2.05) is 30.3 Å². The molecule has 0 radical (unpaired) electrons. The Labute approximate surface area is 138 Å². The molecular weight excluding hydrogens is 304 g/mol. The molecule has 0 amide bonds. The number of fused-ring (bicyclic) bond motifs is 3. The van der Waals surface area contributed by atoms with Gasteiger partial charge in [-0.1, -0.05) is 36.3 Å². The summed E-state index contributed by atoms with van der Waals surface area (Å²) in [4.78, 5) is 20.1. The molecular formula is C19H16N2OS. The molecule has 4 heteroatoms. The maximum atomic E-state index is 13.1. The van der Waals surface area contributed by atoms with Gasteiger partial charge in [0.1, 0.15) is 10.7 Å². The van der Waals surface area contributed by atoms with Gasteiger partial charge in [-0.3, -0.25) is 9.36 Å². The predicted molar refractivity (Wildman–Crippen MR) is 94.8 cm³/mol. The van der Waals surface area contributed by atoms with Gasteiger partial charge in [-0.05, 0) is 31.2 Å². The number of terminal acetylenes is 1. The van der Waals surface area contributed by atoms with Gasteiger partial charge >= 0.3 is 0 Å². The number of benzene rings is 1. The van der Waals surface area contributed by atoms with E-state index in [-0.39, 0.29) is 12.1 Å². The van der Waals surface area contributed by atoms with Crippen molar-refractivity contribution in [1.29, 1.82) is 0 Å². The van der Waals surface area contributed by atoms with Crippen LogP contribution in [0.2, 0.25) is 0 Å². The molecule has 0 atom stereocenters. The van der Waals surface area contributed by atoms with E-state index in [9.17, 15) is 4.79 Å². The molecule has 114 valence electrons. The molecule has 0 aliphatic heterocycles. The third kappa shape index (κ3) is 2.29. The number of aryl methyl sites for hydroxylation is 2. The van der Waals surface area contributed by atoms with Gasteiger partial charge in [0.05, 0.1) is 11.9 Å². The average Bonchev–Trinajstić information content (AvgIpc) is 2.96. The molecule has 3 nitrogen and oxygen atoms in total. The van der Waals surface area contributed by atoms with Gasteiger partial charge < -0.3 is 0 Å². The van der Waals surface area contributed by atoms with Crippen LogP contribution in [-0.2, 0) is 19.4 Å². The van der Waals surface area contributed by atoms with E-state index in [0.29, 0.717) is 5.82 Å². The molecule has 0 fully saturated rings. The number of nitrogens with zero attached hydrogens (tertiary/aromatic N) is 2. The minimum absolute atomic E-state index is 0.00574. The first kappa shape index (κ1) is 14.2. The predicted octanol–water partition coefficient (Wildman–Crippen LogP) is 3.64. The van der Waals surface area contributed by atoms with Crippen molar-refractivity contribution in [1.82, 2.24) is 9.55 Å². The number of aromatic nitrogens is 2. The lowest BCUT2D eigenvalue weighted by atomic mass is 9.97. The Kier molecular flexibility index (Phi) is 3.51. The van der Waals surface area contributed by atoms with Gasteiger partial charge in [-0.2, -0.15) is 0 Å². The Hall–Kier alpha value is -2.38. The Bertz CT molecular complexity index is 977. The normalized spacial score (nSPS) is 13.7. The maximum absolute atomic E-state index is 13.1. The van der Waals surface area contributed by atoms with Crippen LogP contribution in [-0.4, -0.2) is 9.55 Å². The van der Waals surface area contributed by atoms with Crippen molar-refractivity contribution in [2.45, 2.75) is 32.2 Å². The third-order valence-corrected chi connectivity index (χ3v) is 5.54. The van der Waals surface area contributed by atoms with Crippen LogP contribution in [0.25, 0.3) is 21.6 Å². The van der Waals surface area contributed by atoms with Crippen LogP contribution < -0.4 is 5.56 Å².